The largest absolute Gasteiger partial charge is 0.481 e. The van der Waals surface area contributed by atoms with Crippen molar-refractivity contribution in [3.63, 3.8) is 0 Å². The lowest BCUT2D eigenvalue weighted by Crippen LogP contribution is -2.06. The van der Waals surface area contributed by atoms with Gasteiger partial charge < -0.3 is 10.2 Å². The Morgan fingerprint density at radius 3 is 2.79 bits per heavy atom. The van der Waals surface area contributed by atoms with Gasteiger partial charge in [-0.3, -0.25) is 4.79 Å². The van der Waals surface area contributed by atoms with E-state index in [4.69, 9.17) is 5.11 Å². The lowest BCUT2D eigenvalue weighted by Gasteiger charge is -2.10. The molecule has 2 N–H and O–H groups in total. The van der Waals surface area contributed by atoms with Crippen LogP contribution in [0.1, 0.15) is 18.1 Å². The molecule has 0 radical (unpaired) electrons. The number of carbonyl (C=O) groups is 1. The van der Waals surface area contributed by atoms with Gasteiger partial charge in [-0.1, -0.05) is 12.1 Å². The molecule has 1 aromatic rings. The monoisotopic (exact) mass is 262 g/mol. The van der Waals surface area contributed by atoms with Crippen molar-refractivity contribution in [3.05, 3.63) is 34.1 Å². The average molecular weight is 263 g/mol. The zero-order valence-corrected chi connectivity index (χ0v) is 8.66. The zero-order chi connectivity index (χ0) is 10.7. The number of carboxylic acids is 1. The van der Waals surface area contributed by atoms with E-state index in [0.29, 0.717) is 0 Å². The van der Waals surface area contributed by atoms with Crippen molar-refractivity contribution in [2.45, 2.75) is 12.5 Å². The Bertz CT molecular complexity index is 354. The summed E-state index contributed by atoms with van der Waals surface area (Å²) in [4.78, 5) is 10.3. The van der Waals surface area contributed by atoms with Gasteiger partial charge in [0, 0.05) is 0 Å². The molecule has 0 aliphatic rings. The van der Waals surface area contributed by atoms with Gasteiger partial charge >= 0.3 is 5.97 Å². The molecular weight excluding hydrogens is 255 g/mol. The fraction of sp³-hybridized carbons (Fsp3) is 0.222. The third kappa shape index (κ3) is 2.52. The number of benzene rings is 1. The molecule has 0 saturated carbocycles. The molecule has 76 valence electrons. The molecule has 3 nitrogen and oxygen atoms in total. The normalized spacial score (nSPS) is 12.5. The molecule has 1 aromatic carbocycles. The SMILES string of the molecule is O=C(O)CC(O)c1cccc(F)c1Br. The minimum absolute atomic E-state index is 0.105. The number of hydrogen-bond donors (Lipinski definition) is 2. The molecule has 5 heteroatoms. The van der Waals surface area contributed by atoms with Gasteiger partial charge in [-0.25, -0.2) is 4.39 Å². The van der Waals surface area contributed by atoms with E-state index in [2.05, 4.69) is 15.9 Å². The smallest absolute Gasteiger partial charge is 0.306 e. The molecular formula is C9H8BrFO3. The summed E-state index contributed by atoms with van der Waals surface area (Å²) < 4.78 is 13.1. The standard InChI is InChI=1S/C9H8BrFO3/c10-9-5(2-1-3-6(9)11)7(12)4-8(13)14/h1-3,7,12H,4H2,(H,13,14). The van der Waals surface area contributed by atoms with Crippen LogP contribution in [0, 0.1) is 5.82 Å². The predicted octanol–water partition coefficient (Wildman–Crippen LogP) is 2.10. The third-order valence-corrected chi connectivity index (χ3v) is 2.55. The number of aliphatic hydroxyl groups excluding tert-OH is 1. The van der Waals surface area contributed by atoms with Crippen molar-refractivity contribution in [2.24, 2.45) is 0 Å². The minimum atomic E-state index is -1.20. The van der Waals surface area contributed by atoms with E-state index < -0.39 is 24.3 Å². The Morgan fingerprint density at radius 2 is 2.21 bits per heavy atom. The van der Waals surface area contributed by atoms with Gasteiger partial charge in [0.05, 0.1) is 17.0 Å². The number of rotatable bonds is 3. The molecule has 0 aliphatic heterocycles. The maximum atomic E-state index is 13.0. The highest BCUT2D eigenvalue weighted by atomic mass is 79.9. The van der Waals surface area contributed by atoms with Crippen molar-refractivity contribution < 1.29 is 19.4 Å². The Kier molecular flexibility index (Phi) is 3.60. The summed E-state index contributed by atoms with van der Waals surface area (Å²) in [6.45, 7) is 0. The van der Waals surface area contributed by atoms with Gasteiger partial charge in [0.2, 0.25) is 0 Å². The second kappa shape index (κ2) is 4.52. The van der Waals surface area contributed by atoms with Crippen LogP contribution in [0.4, 0.5) is 4.39 Å². The summed E-state index contributed by atoms with van der Waals surface area (Å²) in [5, 5.41) is 17.9. The molecule has 0 bridgehead atoms. The summed E-state index contributed by atoms with van der Waals surface area (Å²) in [5.74, 6) is -1.65. The highest BCUT2D eigenvalue weighted by molar-refractivity contribution is 9.10. The molecule has 0 heterocycles. The fourth-order valence-electron chi connectivity index (χ4n) is 1.05. The van der Waals surface area contributed by atoms with Gasteiger partial charge in [-0.2, -0.15) is 0 Å². The van der Waals surface area contributed by atoms with Crippen molar-refractivity contribution >= 4 is 21.9 Å². The molecule has 0 aliphatic carbocycles. The number of aliphatic carboxylic acids is 1. The van der Waals surface area contributed by atoms with Crippen LogP contribution in [-0.2, 0) is 4.79 Å². The van der Waals surface area contributed by atoms with Crippen LogP contribution < -0.4 is 0 Å². The van der Waals surface area contributed by atoms with E-state index in [9.17, 15) is 14.3 Å². The summed E-state index contributed by atoms with van der Waals surface area (Å²) >= 11 is 2.94. The van der Waals surface area contributed by atoms with Crippen LogP contribution in [-0.4, -0.2) is 16.2 Å². The van der Waals surface area contributed by atoms with Crippen molar-refractivity contribution in [1.82, 2.24) is 0 Å². The molecule has 1 rings (SSSR count). The van der Waals surface area contributed by atoms with Gasteiger partial charge in [0.1, 0.15) is 5.82 Å². The molecule has 0 aromatic heterocycles. The number of carboxylic acid groups (broad SMARTS) is 1. The molecule has 14 heavy (non-hydrogen) atoms. The summed E-state index contributed by atoms with van der Waals surface area (Å²) in [7, 11) is 0. The average Bonchev–Trinajstić information content (AvgIpc) is 2.08. The first-order valence-corrected chi connectivity index (χ1v) is 4.65. The topological polar surface area (TPSA) is 57.5 Å². The van der Waals surface area contributed by atoms with Crippen LogP contribution in [0.25, 0.3) is 0 Å². The van der Waals surface area contributed by atoms with E-state index in [0.717, 1.165) is 0 Å². The lowest BCUT2D eigenvalue weighted by molar-refractivity contribution is -0.139. The minimum Gasteiger partial charge on any atom is -0.481 e. The van der Waals surface area contributed by atoms with E-state index in [1.165, 1.54) is 18.2 Å². The Labute approximate surface area is 88.3 Å². The Hall–Kier alpha value is -0.940. The van der Waals surface area contributed by atoms with Gasteiger partial charge in [0.25, 0.3) is 0 Å². The molecule has 0 spiro atoms. The summed E-state index contributed by atoms with van der Waals surface area (Å²) in [6.07, 6.45) is -1.64. The van der Waals surface area contributed by atoms with Crippen molar-refractivity contribution in [3.8, 4) is 0 Å². The second-order valence-corrected chi connectivity index (χ2v) is 3.55. The molecule has 1 unspecified atom stereocenters. The maximum Gasteiger partial charge on any atom is 0.306 e. The Morgan fingerprint density at radius 1 is 1.57 bits per heavy atom. The highest BCUT2D eigenvalue weighted by Gasteiger charge is 2.16. The second-order valence-electron chi connectivity index (χ2n) is 2.76. The van der Waals surface area contributed by atoms with Gasteiger partial charge in [-0.05, 0) is 27.6 Å². The van der Waals surface area contributed by atoms with Crippen LogP contribution in [0.5, 0.6) is 0 Å². The number of hydrogen-bond acceptors (Lipinski definition) is 2. The fourth-order valence-corrected chi connectivity index (χ4v) is 1.58. The van der Waals surface area contributed by atoms with E-state index in [1.54, 1.807) is 0 Å². The molecule has 0 saturated heterocycles. The van der Waals surface area contributed by atoms with Crippen molar-refractivity contribution in [2.75, 3.05) is 0 Å². The quantitative estimate of drug-likeness (QED) is 0.877. The third-order valence-electron chi connectivity index (χ3n) is 1.71. The molecule has 0 fully saturated rings. The maximum absolute atomic E-state index is 13.0. The predicted molar refractivity (Wildman–Crippen MR) is 51.3 cm³/mol. The molecule has 1 atom stereocenters. The summed E-state index contributed by atoms with van der Waals surface area (Å²) in [6, 6.07) is 4.11. The highest BCUT2D eigenvalue weighted by Crippen LogP contribution is 2.27. The number of aliphatic hydroxyl groups is 1. The molecule has 0 amide bonds. The number of halogens is 2. The van der Waals surface area contributed by atoms with Crippen LogP contribution >= 0.6 is 15.9 Å². The zero-order valence-electron chi connectivity index (χ0n) is 7.08. The van der Waals surface area contributed by atoms with Crippen LogP contribution in [0.2, 0.25) is 0 Å². The van der Waals surface area contributed by atoms with Crippen molar-refractivity contribution in [1.29, 1.82) is 0 Å². The van der Waals surface area contributed by atoms with E-state index in [1.807, 2.05) is 0 Å². The van der Waals surface area contributed by atoms with E-state index >= 15 is 0 Å². The lowest BCUT2D eigenvalue weighted by atomic mass is 10.1. The first-order valence-electron chi connectivity index (χ1n) is 3.86. The van der Waals surface area contributed by atoms with E-state index in [-0.39, 0.29) is 10.0 Å². The first-order chi connectivity index (χ1) is 6.52. The summed E-state index contributed by atoms with van der Waals surface area (Å²) in [5.41, 5.74) is 0.243. The first kappa shape index (κ1) is 11.1. The van der Waals surface area contributed by atoms with Gasteiger partial charge in [0.15, 0.2) is 0 Å². The van der Waals surface area contributed by atoms with Crippen LogP contribution in [0.3, 0.4) is 0 Å². The van der Waals surface area contributed by atoms with Gasteiger partial charge in [-0.15, -0.1) is 0 Å². The van der Waals surface area contributed by atoms with Crippen LogP contribution in [0.15, 0.2) is 22.7 Å². The Balaban J connectivity index is 2.95.